The van der Waals surface area contributed by atoms with Crippen molar-refractivity contribution >= 4 is 5.91 Å². The molecule has 0 saturated carbocycles. The van der Waals surface area contributed by atoms with Crippen molar-refractivity contribution in [3.05, 3.63) is 100 Å². The van der Waals surface area contributed by atoms with Gasteiger partial charge in [-0.15, -0.1) is 0 Å². The molecular weight excluding hydrogens is 398 g/mol. The van der Waals surface area contributed by atoms with E-state index in [2.05, 4.69) is 4.98 Å². The average Bonchev–Trinajstić information content (AvgIpc) is 2.75. The summed E-state index contributed by atoms with van der Waals surface area (Å²) in [7, 11) is 0. The van der Waals surface area contributed by atoms with E-state index in [-0.39, 0.29) is 30.1 Å². The Hall–Kier alpha value is -3.12. The number of aromatic nitrogens is 1. The summed E-state index contributed by atoms with van der Waals surface area (Å²) in [5.41, 5.74) is 4.30. The molecule has 1 unspecified atom stereocenters. The normalized spacial score (nSPS) is 16.4. The maximum absolute atomic E-state index is 13.5. The van der Waals surface area contributed by atoms with E-state index < -0.39 is 0 Å². The van der Waals surface area contributed by atoms with Crippen LogP contribution in [0.15, 0.2) is 60.7 Å². The first-order valence-electron chi connectivity index (χ1n) is 10.3. The van der Waals surface area contributed by atoms with Crippen molar-refractivity contribution in [2.24, 2.45) is 0 Å². The SMILES string of the molecule is Cc1cc(Cc2cccc(F)c2)cc(C2CN(C(=O)Cc3ccc(F)cc3)CCO2)n1. The molecule has 1 fully saturated rings. The van der Waals surface area contributed by atoms with E-state index in [1.807, 2.05) is 25.1 Å². The van der Waals surface area contributed by atoms with Crippen LogP contribution < -0.4 is 0 Å². The molecule has 4 nitrogen and oxygen atoms in total. The molecular formula is C25H24F2N2O2. The molecule has 0 bridgehead atoms. The van der Waals surface area contributed by atoms with Gasteiger partial charge in [-0.2, -0.15) is 0 Å². The number of rotatable bonds is 5. The Morgan fingerprint density at radius 2 is 1.84 bits per heavy atom. The van der Waals surface area contributed by atoms with Crippen molar-refractivity contribution in [1.82, 2.24) is 9.88 Å². The molecule has 1 amide bonds. The molecule has 1 aliphatic heterocycles. The zero-order valence-corrected chi connectivity index (χ0v) is 17.4. The standard InChI is InChI=1S/C25H24F2N2O2/c1-17-11-20(12-19-3-2-4-22(27)13-19)14-23(28-17)24-16-29(9-10-31-24)25(30)15-18-5-7-21(26)8-6-18/h2-8,11,13-14,24H,9-10,12,15-16H2,1H3. The molecule has 2 heterocycles. The first-order chi connectivity index (χ1) is 15.0. The van der Waals surface area contributed by atoms with E-state index in [4.69, 9.17) is 4.74 Å². The Morgan fingerprint density at radius 1 is 1.03 bits per heavy atom. The third-order valence-corrected chi connectivity index (χ3v) is 5.35. The van der Waals surface area contributed by atoms with Crippen LogP contribution in [0.2, 0.25) is 0 Å². The number of benzene rings is 2. The molecule has 160 valence electrons. The summed E-state index contributed by atoms with van der Waals surface area (Å²) in [6.07, 6.45) is 0.490. The Labute approximate surface area is 180 Å². The van der Waals surface area contributed by atoms with Crippen molar-refractivity contribution in [3.63, 3.8) is 0 Å². The van der Waals surface area contributed by atoms with Crippen LogP contribution in [-0.2, 0) is 22.4 Å². The molecule has 0 spiro atoms. The fourth-order valence-corrected chi connectivity index (χ4v) is 3.86. The van der Waals surface area contributed by atoms with Crippen LogP contribution in [0.5, 0.6) is 0 Å². The van der Waals surface area contributed by atoms with Crippen LogP contribution in [0, 0.1) is 18.6 Å². The van der Waals surface area contributed by atoms with E-state index in [1.165, 1.54) is 24.3 Å². The molecule has 1 saturated heterocycles. The topological polar surface area (TPSA) is 42.4 Å². The zero-order chi connectivity index (χ0) is 21.8. The fourth-order valence-electron chi connectivity index (χ4n) is 3.86. The molecule has 0 radical (unpaired) electrons. The highest BCUT2D eigenvalue weighted by atomic mass is 19.1. The first-order valence-corrected chi connectivity index (χ1v) is 10.3. The Kier molecular flexibility index (Phi) is 6.37. The number of amides is 1. The summed E-state index contributed by atoms with van der Waals surface area (Å²) in [4.78, 5) is 19.2. The predicted molar refractivity (Wildman–Crippen MR) is 114 cm³/mol. The lowest BCUT2D eigenvalue weighted by molar-refractivity contribution is -0.138. The zero-order valence-electron chi connectivity index (χ0n) is 17.4. The predicted octanol–water partition coefficient (Wildman–Crippen LogP) is 4.40. The number of hydrogen-bond acceptors (Lipinski definition) is 3. The van der Waals surface area contributed by atoms with Crippen molar-refractivity contribution in [3.8, 4) is 0 Å². The molecule has 1 aliphatic rings. The van der Waals surface area contributed by atoms with Gasteiger partial charge in [0.05, 0.1) is 25.3 Å². The summed E-state index contributed by atoms with van der Waals surface area (Å²) in [6.45, 7) is 3.27. The highest BCUT2D eigenvalue weighted by Crippen LogP contribution is 2.24. The maximum atomic E-state index is 13.5. The number of carbonyl (C=O) groups is 1. The number of halogens is 2. The van der Waals surface area contributed by atoms with Crippen LogP contribution in [0.4, 0.5) is 8.78 Å². The molecule has 31 heavy (non-hydrogen) atoms. The quantitative estimate of drug-likeness (QED) is 0.612. The van der Waals surface area contributed by atoms with Crippen molar-refractivity contribution in [1.29, 1.82) is 0 Å². The third-order valence-electron chi connectivity index (χ3n) is 5.35. The molecule has 2 aromatic carbocycles. The minimum absolute atomic E-state index is 0.0208. The van der Waals surface area contributed by atoms with Gasteiger partial charge in [-0.1, -0.05) is 24.3 Å². The van der Waals surface area contributed by atoms with Gasteiger partial charge in [0.25, 0.3) is 0 Å². The lowest BCUT2D eigenvalue weighted by Gasteiger charge is -2.33. The molecule has 0 N–H and O–H groups in total. The van der Waals surface area contributed by atoms with Crippen LogP contribution in [0.25, 0.3) is 0 Å². The van der Waals surface area contributed by atoms with Gasteiger partial charge in [-0.25, -0.2) is 8.78 Å². The smallest absolute Gasteiger partial charge is 0.227 e. The third kappa shape index (κ3) is 5.52. The van der Waals surface area contributed by atoms with Crippen LogP contribution >= 0.6 is 0 Å². The summed E-state index contributed by atoms with van der Waals surface area (Å²) < 4.78 is 32.6. The Bertz CT molecular complexity index is 1070. The highest BCUT2D eigenvalue weighted by molar-refractivity contribution is 5.78. The van der Waals surface area contributed by atoms with Crippen molar-refractivity contribution in [2.45, 2.75) is 25.9 Å². The number of hydrogen-bond donors (Lipinski definition) is 0. The second-order valence-electron chi connectivity index (χ2n) is 7.85. The second-order valence-corrected chi connectivity index (χ2v) is 7.85. The average molecular weight is 422 g/mol. The molecule has 4 rings (SSSR count). The van der Waals surface area contributed by atoms with Gasteiger partial charge in [0.2, 0.25) is 5.91 Å². The van der Waals surface area contributed by atoms with E-state index in [9.17, 15) is 13.6 Å². The number of aryl methyl sites for hydroxylation is 1. The lowest BCUT2D eigenvalue weighted by Crippen LogP contribution is -2.43. The van der Waals surface area contributed by atoms with Gasteiger partial charge in [0.15, 0.2) is 0 Å². The van der Waals surface area contributed by atoms with E-state index in [0.29, 0.717) is 26.1 Å². The first kappa shape index (κ1) is 21.1. The van der Waals surface area contributed by atoms with Crippen LogP contribution in [-0.4, -0.2) is 35.5 Å². The summed E-state index contributed by atoms with van der Waals surface area (Å²) >= 11 is 0. The highest BCUT2D eigenvalue weighted by Gasteiger charge is 2.26. The summed E-state index contributed by atoms with van der Waals surface area (Å²) in [5.74, 6) is -0.593. The van der Waals surface area contributed by atoms with Crippen LogP contribution in [0.1, 0.15) is 34.2 Å². The molecule has 1 aromatic heterocycles. The minimum atomic E-state index is -0.322. The van der Waals surface area contributed by atoms with E-state index in [1.54, 1.807) is 23.1 Å². The van der Waals surface area contributed by atoms with Gasteiger partial charge >= 0.3 is 0 Å². The van der Waals surface area contributed by atoms with E-state index >= 15 is 0 Å². The van der Waals surface area contributed by atoms with Gasteiger partial charge in [-0.3, -0.25) is 9.78 Å². The monoisotopic (exact) mass is 422 g/mol. The molecule has 3 aromatic rings. The number of carbonyl (C=O) groups excluding carboxylic acids is 1. The van der Waals surface area contributed by atoms with Gasteiger partial charge in [0, 0.05) is 12.2 Å². The van der Waals surface area contributed by atoms with Crippen molar-refractivity contribution < 1.29 is 18.3 Å². The molecule has 0 aliphatic carbocycles. The fraction of sp³-hybridized carbons (Fsp3) is 0.280. The van der Waals surface area contributed by atoms with Gasteiger partial charge < -0.3 is 9.64 Å². The molecule has 6 heteroatoms. The summed E-state index contributed by atoms with van der Waals surface area (Å²) in [6, 6.07) is 16.5. The number of nitrogens with zero attached hydrogens (tertiary/aromatic N) is 2. The Morgan fingerprint density at radius 3 is 2.61 bits per heavy atom. The maximum Gasteiger partial charge on any atom is 0.227 e. The van der Waals surface area contributed by atoms with Crippen LogP contribution in [0.3, 0.4) is 0 Å². The Balaban J connectivity index is 1.46. The van der Waals surface area contributed by atoms with Gasteiger partial charge in [-0.05, 0) is 66.4 Å². The van der Waals surface area contributed by atoms with E-state index in [0.717, 1.165) is 28.1 Å². The number of pyridine rings is 1. The second kappa shape index (κ2) is 9.35. The number of morpholine rings is 1. The molecule has 1 atom stereocenters. The van der Waals surface area contributed by atoms with Gasteiger partial charge in [0.1, 0.15) is 17.7 Å². The van der Waals surface area contributed by atoms with Crippen molar-refractivity contribution in [2.75, 3.05) is 19.7 Å². The number of ether oxygens (including phenoxy) is 1. The largest absolute Gasteiger partial charge is 0.368 e. The minimum Gasteiger partial charge on any atom is -0.368 e. The lowest BCUT2D eigenvalue weighted by atomic mass is 10.0. The summed E-state index contributed by atoms with van der Waals surface area (Å²) in [5, 5.41) is 0.